The third kappa shape index (κ3) is 2.50. The maximum Gasteiger partial charge on any atom is 0.252 e. The average molecular weight is 305 g/mol. The number of carbonyl (C=O) groups is 1. The highest BCUT2D eigenvalue weighted by atomic mass is 16.1. The number of rotatable bonds is 3. The Bertz CT molecular complexity index is 906. The van der Waals surface area contributed by atoms with Gasteiger partial charge in [-0.3, -0.25) is 4.79 Å². The van der Waals surface area contributed by atoms with Crippen molar-refractivity contribution in [3.05, 3.63) is 65.0 Å². The number of hydrogen-bond acceptors (Lipinski definition) is 2. The fraction of sp³-hybridized carbons (Fsp3) is 0.263. The number of aromatic nitrogens is 2. The van der Waals surface area contributed by atoms with Gasteiger partial charge in [0.05, 0.1) is 16.6 Å². The van der Waals surface area contributed by atoms with E-state index in [0.717, 1.165) is 29.7 Å². The number of imidazole rings is 1. The predicted molar refractivity (Wildman–Crippen MR) is 90.4 cm³/mol. The average Bonchev–Trinajstić information content (AvgIpc) is 3.20. The molecule has 4 rings (SSSR count). The smallest absolute Gasteiger partial charge is 0.252 e. The Hall–Kier alpha value is -2.62. The van der Waals surface area contributed by atoms with Crippen LogP contribution in [-0.2, 0) is 5.54 Å². The van der Waals surface area contributed by atoms with Gasteiger partial charge in [0.1, 0.15) is 5.82 Å². The Kier molecular flexibility index (Phi) is 3.01. The van der Waals surface area contributed by atoms with E-state index in [1.165, 1.54) is 11.1 Å². The van der Waals surface area contributed by atoms with E-state index >= 15 is 0 Å². The van der Waals surface area contributed by atoms with E-state index in [9.17, 15) is 4.79 Å². The highest BCUT2D eigenvalue weighted by Crippen LogP contribution is 2.45. The van der Waals surface area contributed by atoms with Crippen LogP contribution in [0.1, 0.15) is 40.2 Å². The minimum absolute atomic E-state index is 0.0295. The monoisotopic (exact) mass is 305 g/mol. The van der Waals surface area contributed by atoms with Crippen LogP contribution in [0.4, 0.5) is 0 Å². The molecule has 0 atom stereocenters. The molecule has 0 radical (unpaired) electrons. The maximum atomic E-state index is 12.7. The van der Waals surface area contributed by atoms with E-state index in [-0.39, 0.29) is 11.4 Å². The molecule has 23 heavy (non-hydrogen) atoms. The van der Waals surface area contributed by atoms with Crippen LogP contribution in [0.25, 0.3) is 11.0 Å². The molecule has 1 aliphatic carbocycles. The van der Waals surface area contributed by atoms with Gasteiger partial charge in [-0.2, -0.15) is 0 Å². The summed E-state index contributed by atoms with van der Waals surface area (Å²) in [6.45, 7) is 3.99. The van der Waals surface area contributed by atoms with Gasteiger partial charge in [0.25, 0.3) is 5.91 Å². The molecule has 1 aliphatic rings. The molecule has 3 aromatic rings. The standard InChI is InChI=1S/C19H19N3O/c1-12-4-3-5-15(10-12)19(8-9-19)22-18(23)14-6-7-16-17(11-14)21-13(2)20-16/h3-7,10-11H,8-9H2,1-2H3,(H,20,21)(H,22,23). The van der Waals surface area contributed by atoms with Gasteiger partial charge in [-0.15, -0.1) is 0 Å². The van der Waals surface area contributed by atoms with Crippen molar-refractivity contribution in [2.45, 2.75) is 32.2 Å². The first-order chi connectivity index (χ1) is 11.1. The lowest BCUT2D eigenvalue weighted by molar-refractivity contribution is 0.0931. The van der Waals surface area contributed by atoms with Crippen molar-refractivity contribution < 1.29 is 4.79 Å². The van der Waals surface area contributed by atoms with Gasteiger partial charge in [0.2, 0.25) is 0 Å². The molecule has 0 aliphatic heterocycles. The molecule has 0 spiro atoms. The Morgan fingerprint density at radius 1 is 1.17 bits per heavy atom. The van der Waals surface area contributed by atoms with E-state index in [0.29, 0.717) is 5.56 Å². The second-order valence-corrected chi connectivity index (χ2v) is 6.46. The predicted octanol–water partition coefficient (Wildman–Crippen LogP) is 3.60. The Morgan fingerprint density at radius 2 is 2.00 bits per heavy atom. The number of nitrogens with zero attached hydrogens (tertiary/aromatic N) is 1. The number of nitrogens with one attached hydrogen (secondary N) is 2. The minimum Gasteiger partial charge on any atom is -0.343 e. The molecule has 2 N–H and O–H groups in total. The summed E-state index contributed by atoms with van der Waals surface area (Å²) in [4.78, 5) is 20.2. The molecular formula is C19H19N3O. The van der Waals surface area contributed by atoms with Gasteiger partial charge < -0.3 is 10.3 Å². The SMILES string of the molecule is Cc1cccc(C2(NC(=O)c3ccc4nc(C)[nH]c4c3)CC2)c1. The van der Waals surface area contributed by atoms with Crippen molar-refractivity contribution in [2.24, 2.45) is 0 Å². The molecule has 1 amide bonds. The van der Waals surface area contributed by atoms with E-state index in [1.807, 2.05) is 25.1 Å². The molecule has 4 nitrogen and oxygen atoms in total. The zero-order valence-electron chi connectivity index (χ0n) is 13.3. The fourth-order valence-electron chi connectivity index (χ4n) is 3.12. The van der Waals surface area contributed by atoms with E-state index in [4.69, 9.17) is 0 Å². The first kappa shape index (κ1) is 14.0. The second-order valence-electron chi connectivity index (χ2n) is 6.46. The number of hydrogen-bond donors (Lipinski definition) is 2. The molecule has 0 saturated heterocycles. The van der Waals surface area contributed by atoms with Crippen LogP contribution in [0.3, 0.4) is 0 Å². The molecule has 1 aromatic heterocycles. The minimum atomic E-state index is -0.192. The first-order valence-corrected chi connectivity index (χ1v) is 7.92. The summed E-state index contributed by atoms with van der Waals surface area (Å²) in [6.07, 6.45) is 1.99. The molecule has 2 aromatic carbocycles. The van der Waals surface area contributed by atoms with Crippen LogP contribution in [0.5, 0.6) is 0 Å². The van der Waals surface area contributed by atoms with Crippen LogP contribution < -0.4 is 5.32 Å². The van der Waals surface area contributed by atoms with Gasteiger partial charge in [-0.1, -0.05) is 29.8 Å². The number of benzene rings is 2. The highest BCUT2D eigenvalue weighted by molar-refractivity contribution is 5.98. The first-order valence-electron chi connectivity index (χ1n) is 7.92. The normalized spacial score (nSPS) is 15.6. The fourth-order valence-corrected chi connectivity index (χ4v) is 3.12. The summed E-state index contributed by atoms with van der Waals surface area (Å²) in [5, 5.41) is 3.23. The van der Waals surface area contributed by atoms with E-state index in [2.05, 4.69) is 46.5 Å². The summed E-state index contributed by atoms with van der Waals surface area (Å²) in [6, 6.07) is 14.0. The summed E-state index contributed by atoms with van der Waals surface area (Å²) < 4.78 is 0. The van der Waals surface area contributed by atoms with Crippen LogP contribution >= 0.6 is 0 Å². The van der Waals surface area contributed by atoms with E-state index < -0.39 is 0 Å². The van der Waals surface area contributed by atoms with Crippen LogP contribution in [0, 0.1) is 13.8 Å². The van der Waals surface area contributed by atoms with Crippen LogP contribution in [-0.4, -0.2) is 15.9 Å². The molecule has 1 saturated carbocycles. The third-order valence-corrected chi connectivity index (χ3v) is 4.54. The summed E-state index contributed by atoms with van der Waals surface area (Å²) in [7, 11) is 0. The summed E-state index contributed by atoms with van der Waals surface area (Å²) in [5.41, 5.74) is 4.68. The molecule has 0 unspecified atom stereocenters. The molecule has 1 heterocycles. The van der Waals surface area contributed by atoms with Crippen molar-refractivity contribution in [3.63, 3.8) is 0 Å². The van der Waals surface area contributed by atoms with Gasteiger partial charge in [-0.05, 0) is 50.5 Å². The highest BCUT2D eigenvalue weighted by Gasteiger charge is 2.45. The number of amides is 1. The lowest BCUT2D eigenvalue weighted by Crippen LogP contribution is -2.34. The van der Waals surface area contributed by atoms with Crippen LogP contribution in [0.15, 0.2) is 42.5 Å². The summed E-state index contributed by atoms with van der Waals surface area (Å²) >= 11 is 0. The van der Waals surface area contributed by atoms with Gasteiger partial charge in [-0.25, -0.2) is 4.98 Å². The molecule has 4 heteroatoms. The Balaban J connectivity index is 1.61. The number of carbonyl (C=O) groups excluding carboxylic acids is 1. The lowest BCUT2D eigenvalue weighted by atomic mass is 10.0. The number of fused-ring (bicyclic) bond motifs is 1. The molecular weight excluding hydrogens is 286 g/mol. The summed E-state index contributed by atoms with van der Waals surface area (Å²) in [5.74, 6) is 0.828. The number of H-pyrrole nitrogens is 1. The van der Waals surface area contributed by atoms with Crippen molar-refractivity contribution in [3.8, 4) is 0 Å². The van der Waals surface area contributed by atoms with Crippen molar-refractivity contribution in [2.75, 3.05) is 0 Å². The number of aromatic amines is 1. The topological polar surface area (TPSA) is 57.8 Å². The van der Waals surface area contributed by atoms with Crippen molar-refractivity contribution in [1.29, 1.82) is 0 Å². The quantitative estimate of drug-likeness (QED) is 0.777. The Labute approximate surface area is 134 Å². The lowest BCUT2D eigenvalue weighted by Gasteiger charge is -2.18. The van der Waals surface area contributed by atoms with Crippen molar-refractivity contribution in [1.82, 2.24) is 15.3 Å². The zero-order valence-corrected chi connectivity index (χ0v) is 13.3. The van der Waals surface area contributed by atoms with Gasteiger partial charge in [0.15, 0.2) is 0 Å². The Morgan fingerprint density at radius 3 is 2.74 bits per heavy atom. The molecule has 0 bridgehead atoms. The molecule has 1 fully saturated rings. The van der Waals surface area contributed by atoms with Gasteiger partial charge >= 0.3 is 0 Å². The second kappa shape index (κ2) is 4.95. The van der Waals surface area contributed by atoms with E-state index in [1.54, 1.807) is 0 Å². The van der Waals surface area contributed by atoms with Crippen molar-refractivity contribution >= 4 is 16.9 Å². The third-order valence-electron chi connectivity index (χ3n) is 4.54. The maximum absolute atomic E-state index is 12.7. The number of aryl methyl sites for hydroxylation is 2. The zero-order chi connectivity index (χ0) is 16.0. The van der Waals surface area contributed by atoms with Gasteiger partial charge in [0, 0.05) is 5.56 Å². The largest absolute Gasteiger partial charge is 0.343 e. The molecule has 116 valence electrons. The van der Waals surface area contributed by atoms with Crippen LogP contribution in [0.2, 0.25) is 0 Å².